The van der Waals surface area contributed by atoms with E-state index in [1.165, 1.54) is 0 Å². The first-order chi connectivity index (χ1) is 9.95. The molecule has 2 aliphatic rings. The zero-order chi connectivity index (χ0) is 15.1. The minimum Gasteiger partial charge on any atom is -0.349 e. The number of benzene rings is 1. The monoisotopic (exact) mass is 296 g/mol. The van der Waals surface area contributed by atoms with Crippen LogP contribution in [0.5, 0.6) is 0 Å². The van der Waals surface area contributed by atoms with Crippen LogP contribution in [0.1, 0.15) is 36.0 Å². The largest absolute Gasteiger partial charge is 0.349 e. The Morgan fingerprint density at radius 3 is 2.62 bits per heavy atom. The van der Waals surface area contributed by atoms with Gasteiger partial charge >= 0.3 is 5.69 Å². The molecule has 2 fully saturated rings. The maximum Gasteiger partial charge on any atom is 0.308 e. The molecule has 0 heterocycles. The van der Waals surface area contributed by atoms with Gasteiger partial charge < -0.3 is 5.32 Å². The van der Waals surface area contributed by atoms with Crippen molar-refractivity contribution in [1.29, 1.82) is 0 Å². The Morgan fingerprint density at radius 1 is 1.29 bits per heavy atom. The highest BCUT2D eigenvalue weighted by Gasteiger charge is 2.40. The third-order valence-electron chi connectivity index (χ3n) is 4.51. The molecule has 0 radical (unpaired) electrons. The van der Waals surface area contributed by atoms with Gasteiger partial charge in [0.1, 0.15) is 5.82 Å². The van der Waals surface area contributed by atoms with Crippen molar-refractivity contribution in [3.63, 3.8) is 0 Å². The summed E-state index contributed by atoms with van der Waals surface area (Å²) < 4.78 is 27.3. The molecule has 3 rings (SSSR count). The van der Waals surface area contributed by atoms with Crippen molar-refractivity contribution < 1.29 is 18.5 Å². The number of carbonyl (C=O) groups excluding carboxylic acids is 1. The summed E-state index contributed by atoms with van der Waals surface area (Å²) >= 11 is 0. The fraction of sp³-hybridized carbons (Fsp3) is 0.500. The summed E-state index contributed by atoms with van der Waals surface area (Å²) in [6, 6.07) is 1.13. The Morgan fingerprint density at radius 2 is 2.05 bits per heavy atom. The summed E-state index contributed by atoms with van der Waals surface area (Å²) in [5, 5.41) is 13.4. The molecular weight excluding hydrogens is 282 g/mol. The number of rotatable bonds is 3. The molecule has 0 aromatic heterocycles. The number of hydrogen-bond acceptors (Lipinski definition) is 3. The quantitative estimate of drug-likeness (QED) is 0.688. The van der Waals surface area contributed by atoms with Gasteiger partial charge in [0.25, 0.3) is 5.91 Å². The van der Waals surface area contributed by atoms with Gasteiger partial charge in [-0.2, -0.15) is 4.39 Å². The molecule has 1 amide bonds. The number of nitro groups is 1. The minimum atomic E-state index is -1.29. The van der Waals surface area contributed by atoms with E-state index in [1.54, 1.807) is 0 Å². The molecule has 5 nitrogen and oxygen atoms in total. The van der Waals surface area contributed by atoms with Crippen molar-refractivity contribution in [3.8, 4) is 0 Å². The Bertz CT molecular complexity index is 620. The highest BCUT2D eigenvalue weighted by atomic mass is 19.1. The molecule has 3 unspecified atom stereocenters. The second-order valence-electron chi connectivity index (χ2n) is 5.80. The summed E-state index contributed by atoms with van der Waals surface area (Å²) in [6.07, 6.45) is 4.07. The molecule has 1 aromatic rings. The SMILES string of the molecule is O=C(NC1CC2CCC1C2)c1cc(F)cc([N+](=O)[O-])c1F. The van der Waals surface area contributed by atoms with Crippen LogP contribution in [0.2, 0.25) is 0 Å². The molecule has 2 saturated carbocycles. The summed E-state index contributed by atoms with van der Waals surface area (Å²) in [7, 11) is 0. The number of amides is 1. The van der Waals surface area contributed by atoms with Gasteiger partial charge in [0.15, 0.2) is 0 Å². The van der Waals surface area contributed by atoms with Gasteiger partial charge in [0.05, 0.1) is 16.6 Å². The van der Waals surface area contributed by atoms with Crippen LogP contribution < -0.4 is 5.32 Å². The first-order valence-electron chi connectivity index (χ1n) is 6.90. The topological polar surface area (TPSA) is 72.2 Å². The summed E-state index contributed by atoms with van der Waals surface area (Å²) in [5.74, 6) is -2.10. The lowest BCUT2D eigenvalue weighted by molar-refractivity contribution is -0.387. The minimum absolute atomic E-state index is 0.0435. The van der Waals surface area contributed by atoms with Crippen molar-refractivity contribution in [2.75, 3.05) is 0 Å². The molecule has 7 heteroatoms. The van der Waals surface area contributed by atoms with E-state index in [2.05, 4.69) is 5.32 Å². The van der Waals surface area contributed by atoms with Gasteiger partial charge in [-0.15, -0.1) is 0 Å². The Kier molecular flexibility index (Phi) is 3.35. The van der Waals surface area contributed by atoms with Crippen LogP contribution in [-0.4, -0.2) is 16.9 Å². The highest BCUT2D eigenvalue weighted by molar-refractivity contribution is 5.95. The predicted octanol–water partition coefficient (Wildman–Crippen LogP) is 2.79. The maximum atomic E-state index is 13.9. The van der Waals surface area contributed by atoms with Gasteiger partial charge in [-0.1, -0.05) is 6.42 Å². The first-order valence-corrected chi connectivity index (χ1v) is 6.90. The van der Waals surface area contributed by atoms with Crippen LogP contribution in [0.15, 0.2) is 12.1 Å². The molecule has 0 spiro atoms. The van der Waals surface area contributed by atoms with E-state index < -0.39 is 33.7 Å². The molecule has 1 N–H and O–H groups in total. The molecular formula is C14H14F2N2O3. The molecule has 3 atom stereocenters. The number of nitro benzene ring substituents is 1. The fourth-order valence-corrected chi connectivity index (χ4v) is 3.54. The van der Waals surface area contributed by atoms with Gasteiger partial charge in [-0.05, 0) is 37.2 Å². The molecule has 21 heavy (non-hydrogen) atoms. The van der Waals surface area contributed by atoms with E-state index in [0.29, 0.717) is 24.0 Å². The number of nitrogens with zero attached hydrogens (tertiary/aromatic N) is 1. The normalized spacial score (nSPS) is 26.9. The van der Waals surface area contributed by atoms with Crippen molar-refractivity contribution >= 4 is 11.6 Å². The van der Waals surface area contributed by atoms with E-state index >= 15 is 0 Å². The van der Waals surface area contributed by atoms with Crippen molar-refractivity contribution in [2.24, 2.45) is 11.8 Å². The van der Waals surface area contributed by atoms with E-state index in [0.717, 1.165) is 25.7 Å². The first kappa shape index (κ1) is 13.9. The summed E-state index contributed by atoms with van der Waals surface area (Å²) in [4.78, 5) is 21.7. The van der Waals surface area contributed by atoms with Crippen LogP contribution in [0.25, 0.3) is 0 Å². The summed E-state index contributed by atoms with van der Waals surface area (Å²) in [6.45, 7) is 0. The number of hydrogen-bond donors (Lipinski definition) is 1. The second-order valence-corrected chi connectivity index (χ2v) is 5.80. The smallest absolute Gasteiger partial charge is 0.308 e. The Hall–Kier alpha value is -2.05. The molecule has 2 aliphatic carbocycles. The third-order valence-corrected chi connectivity index (χ3v) is 4.51. The van der Waals surface area contributed by atoms with E-state index in [1.807, 2.05) is 0 Å². The van der Waals surface area contributed by atoms with Crippen LogP contribution in [0.3, 0.4) is 0 Å². The average molecular weight is 296 g/mol. The average Bonchev–Trinajstić information content (AvgIpc) is 3.02. The molecule has 2 bridgehead atoms. The predicted molar refractivity (Wildman–Crippen MR) is 69.7 cm³/mol. The molecule has 0 aliphatic heterocycles. The molecule has 0 saturated heterocycles. The number of nitrogens with one attached hydrogen (secondary N) is 1. The third kappa shape index (κ3) is 2.48. The van der Waals surface area contributed by atoms with Crippen molar-refractivity contribution in [2.45, 2.75) is 31.7 Å². The Labute approximate surface area is 119 Å². The number of halogens is 2. The second kappa shape index (κ2) is 5.05. The highest BCUT2D eigenvalue weighted by Crippen LogP contribution is 2.44. The zero-order valence-electron chi connectivity index (χ0n) is 11.1. The van der Waals surface area contributed by atoms with E-state index in [-0.39, 0.29) is 6.04 Å². The van der Waals surface area contributed by atoms with E-state index in [4.69, 9.17) is 0 Å². The van der Waals surface area contributed by atoms with Crippen molar-refractivity contribution in [1.82, 2.24) is 5.32 Å². The van der Waals surface area contributed by atoms with Gasteiger partial charge in [0, 0.05) is 6.04 Å². The van der Waals surface area contributed by atoms with Crippen LogP contribution >= 0.6 is 0 Å². The molecule has 112 valence electrons. The maximum absolute atomic E-state index is 13.9. The lowest BCUT2D eigenvalue weighted by Gasteiger charge is -2.22. The Balaban J connectivity index is 1.83. The van der Waals surface area contributed by atoms with Crippen LogP contribution in [0, 0.1) is 33.6 Å². The van der Waals surface area contributed by atoms with Gasteiger partial charge in [0.2, 0.25) is 5.82 Å². The van der Waals surface area contributed by atoms with Gasteiger partial charge in [-0.3, -0.25) is 14.9 Å². The van der Waals surface area contributed by atoms with Crippen LogP contribution in [-0.2, 0) is 0 Å². The number of carbonyl (C=O) groups is 1. The number of fused-ring (bicyclic) bond motifs is 2. The molecule has 1 aromatic carbocycles. The standard InChI is InChI=1S/C14H14F2N2O3/c15-9-5-10(13(16)12(6-9)18(20)21)14(19)17-11-4-7-1-2-8(11)3-7/h5-8,11H,1-4H2,(H,17,19). The summed E-state index contributed by atoms with van der Waals surface area (Å²) in [5.41, 5.74) is -1.63. The van der Waals surface area contributed by atoms with Crippen LogP contribution in [0.4, 0.5) is 14.5 Å². The lowest BCUT2D eigenvalue weighted by Crippen LogP contribution is -2.38. The van der Waals surface area contributed by atoms with Crippen molar-refractivity contribution in [3.05, 3.63) is 39.4 Å². The fourth-order valence-electron chi connectivity index (χ4n) is 3.54. The zero-order valence-corrected chi connectivity index (χ0v) is 11.1. The van der Waals surface area contributed by atoms with Gasteiger partial charge in [-0.25, -0.2) is 4.39 Å². The van der Waals surface area contributed by atoms with E-state index in [9.17, 15) is 23.7 Å². The lowest BCUT2D eigenvalue weighted by atomic mass is 9.95.